The van der Waals surface area contributed by atoms with Crippen LogP contribution < -0.4 is 4.90 Å². The molecule has 0 aliphatic carbocycles. The zero-order chi connectivity index (χ0) is 16.0. The van der Waals surface area contributed by atoms with Gasteiger partial charge in [0.05, 0.1) is 11.5 Å². The third-order valence-electron chi connectivity index (χ3n) is 3.08. The molecule has 1 aromatic carbocycles. The SMILES string of the molecule is COCC(C)N(C)c1ccc([N+](=O)[O-])cc1C=CC(=O)O. The van der Waals surface area contributed by atoms with Gasteiger partial charge in [-0.3, -0.25) is 10.1 Å². The van der Waals surface area contributed by atoms with Crippen molar-refractivity contribution < 1.29 is 19.6 Å². The first kappa shape index (κ1) is 16.6. The predicted octanol–water partition coefficient (Wildman–Crippen LogP) is 2.16. The quantitative estimate of drug-likeness (QED) is 0.470. The summed E-state index contributed by atoms with van der Waals surface area (Å²) in [5.74, 6) is -1.11. The topological polar surface area (TPSA) is 92.9 Å². The first-order valence-corrected chi connectivity index (χ1v) is 6.28. The lowest BCUT2D eigenvalue weighted by Gasteiger charge is -2.27. The van der Waals surface area contributed by atoms with Gasteiger partial charge >= 0.3 is 5.97 Å². The van der Waals surface area contributed by atoms with E-state index in [1.54, 1.807) is 13.2 Å². The molecule has 0 radical (unpaired) electrons. The van der Waals surface area contributed by atoms with E-state index in [2.05, 4.69) is 0 Å². The van der Waals surface area contributed by atoms with Crippen molar-refractivity contribution in [2.24, 2.45) is 0 Å². The van der Waals surface area contributed by atoms with Gasteiger partial charge in [-0.2, -0.15) is 0 Å². The van der Waals surface area contributed by atoms with Crippen molar-refractivity contribution in [3.8, 4) is 0 Å². The fourth-order valence-electron chi connectivity index (χ4n) is 1.86. The standard InChI is InChI=1S/C14H18N2O5/c1-10(9-21-3)15(2)13-6-5-12(16(19)20)8-11(13)4-7-14(17)18/h4-8,10H,9H2,1-3H3,(H,17,18). The summed E-state index contributed by atoms with van der Waals surface area (Å²) in [5.41, 5.74) is 1.08. The third kappa shape index (κ3) is 4.57. The highest BCUT2D eigenvalue weighted by atomic mass is 16.6. The molecule has 0 aromatic heterocycles. The zero-order valence-electron chi connectivity index (χ0n) is 12.1. The van der Waals surface area contributed by atoms with E-state index < -0.39 is 10.9 Å². The maximum Gasteiger partial charge on any atom is 0.328 e. The van der Waals surface area contributed by atoms with Gasteiger partial charge in [0.25, 0.3) is 5.69 Å². The molecular formula is C14H18N2O5. The molecule has 0 heterocycles. The molecule has 0 fully saturated rings. The molecule has 0 bridgehead atoms. The van der Waals surface area contributed by atoms with E-state index in [1.807, 2.05) is 18.9 Å². The molecule has 1 atom stereocenters. The normalized spacial score (nSPS) is 12.3. The van der Waals surface area contributed by atoms with Crippen molar-refractivity contribution in [1.82, 2.24) is 0 Å². The van der Waals surface area contributed by atoms with Crippen LogP contribution in [-0.2, 0) is 9.53 Å². The first-order chi connectivity index (χ1) is 9.86. The minimum Gasteiger partial charge on any atom is -0.478 e. The molecule has 7 nitrogen and oxygen atoms in total. The summed E-state index contributed by atoms with van der Waals surface area (Å²) in [6.45, 7) is 2.42. The fraction of sp³-hybridized carbons (Fsp3) is 0.357. The van der Waals surface area contributed by atoms with Gasteiger partial charge in [-0.15, -0.1) is 0 Å². The van der Waals surface area contributed by atoms with Gasteiger partial charge in [-0.05, 0) is 19.1 Å². The van der Waals surface area contributed by atoms with Crippen LogP contribution in [0.4, 0.5) is 11.4 Å². The molecule has 1 rings (SSSR count). The molecule has 1 aromatic rings. The van der Waals surface area contributed by atoms with Crippen LogP contribution in [0.25, 0.3) is 6.08 Å². The minimum atomic E-state index is -1.11. The predicted molar refractivity (Wildman–Crippen MR) is 79.5 cm³/mol. The van der Waals surface area contributed by atoms with E-state index in [-0.39, 0.29) is 11.7 Å². The van der Waals surface area contributed by atoms with Gasteiger partial charge in [0, 0.05) is 49.7 Å². The summed E-state index contributed by atoms with van der Waals surface area (Å²) in [4.78, 5) is 22.9. The van der Waals surface area contributed by atoms with Crippen LogP contribution in [0.15, 0.2) is 24.3 Å². The summed E-state index contributed by atoms with van der Waals surface area (Å²) in [6.07, 6.45) is 2.30. The largest absolute Gasteiger partial charge is 0.478 e. The number of benzene rings is 1. The Kier molecular flexibility index (Phi) is 5.86. The van der Waals surface area contributed by atoms with Crippen LogP contribution in [-0.4, -0.2) is 42.8 Å². The molecule has 1 unspecified atom stereocenters. The van der Waals surface area contributed by atoms with Gasteiger partial charge in [0.2, 0.25) is 0 Å². The maximum absolute atomic E-state index is 10.8. The van der Waals surface area contributed by atoms with Gasteiger partial charge < -0.3 is 14.7 Å². The van der Waals surface area contributed by atoms with Gasteiger partial charge in [0.15, 0.2) is 0 Å². The minimum absolute atomic E-state index is 0.0356. The maximum atomic E-state index is 10.8. The van der Waals surface area contributed by atoms with E-state index in [9.17, 15) is 14.9 Å². The number of carboxylic acids is 1. The summed E-state index contributed by atoms with van der Waals surface area (Å²) in [6, 6.07) is 4.38. The number of aliphatic carboxylic acids is 1. The molecule has 0 amide bonds. The van der Waals surface area contributed by atoms with Crippen molar-refractivity contribution in [3.05, 3.63) is 40.0 Å². The van der Waals surface area contributed by atoms with Crippen LogP contribution in [0, 0.1) is 10.1 Å². The number of nitro benzene ring substituents is 1. The number of non-ortho nitro benzene ring substituents is 1. The number of carboxylic acid groups (broad SMARTS) is 1. The summed E-state index contributed by atoms with van der Waals surface area (Å²) in [5, 5.41) is 19.6. The lowest BCUT2D eigenvalue weighted by molar-refractivity contribution is -0.384. The van der Waals surface area contributed by atoms with Crippen molar-refractivity contribution in [3.63, 3.8) is 0 Å². The van der Waals surface area contributed by atoms with Crippen molar-refractivity contribution in [1.29, 1.82) is 0 Å². The number of anilines is 1. The molecule has 114 valence electrons. The third-order valence-corrected chi connectivity index (χ3v) is 3.08. The Balaban J connectivity index is 3.23. The number of methoxy groups -OCH3 is 1. The number of carbonyl (C=O) groups is 1. The molecule has 21 heavy (non-hydrogen) atoms. The van der Waals surface area contributed by atoms with E-state index in [0.29, 0.717) is 17.9 Å². The number of hydrogen-bond donors (Lipinski definition) is 1. The molecule has 0 spiro atoms. The van der Waals surface area contributed by atoms with Crippen LogP contribution in [0.5, 0.6) is 0 Å². The van der Waals surface area contributed by atoms with Crippen LogP contribution in [0.3, 0.4) is 0 Å². The van der Waals surface area contributed by atoms with Gasteiger partial charge in [0.1, 0.15) is 0 Å². The van der Waals surface area contributed by atoms with E-state index in [4.69, 9.17) is 9.84 Å². The molecule has 0 saturated carbocycles. The lowest BCUT2D eigenvalue weighted by atomic mass is 10.1. The van der Waals surface area contributed by atoms with E-state index in [0.717, 1.165) is 6.08 Å². The molecule has 0 aliphatic heterocycles. The molecular weight excluding hydrogens is 276 g/mol. The number of hydrogen-bond acceptors (Lipinski definition) is 5. The molecule has 0 aliphatic rings. The highest BCUT2D eigenvalue weighted by Crippen LogP contribution is 2.27. The first-order valence-electron chi connectivity index (χ1n) is 6.28. The van der Waals surface area contributed by atoms with Crippen molar-refractivity contribution >= 4 is 23.4 Å². The summed E-state index contributed by atoms with van der Waals surface area (Å²) < 4.78 is 5.08. The number of nitrogens with zero attached hydrogens (tertiary/aromatic N) is 2. The Bertz CT molecular complexity index is 556. The lowest BCUT2D eigenvalue weighted by Crippen LogP contribution is -2.33. The molecule has 7 heteroatoms. The Morgan fingerprint density at radius 2 is 2.24 bits per heavy atom. The average Bonchev–Trinajstić information content (AvgIpc) is 2.44. The van der Waals surface area contributed by atoms with E-state index >= 15 is 0 Å². The number of nitro groups is 1. The smallest absolute Gasteiger partial charge is 0.328 e. The van der Waals surface area contributed by atoms with Crippen LogP contribution in [0.1, 0.15) is 12.5 Å². The number of ether oxygens (including phenoxy) is 1. The Hall–Kier alpha value is -2.41. The average molecular weight is 294 g/mol. The molecule has 1 N–H and O–H groups in total. The Morgan fingerprint density at radius 1 is 1.57 bits per heavy atom. The zero-order valence-corrected chi connectivity index (χ0v) is 12.1. The molecule has 0 saturated heterocycles. The fourth-order valence-corrected chi connectivity index (χ4v) is 1.86. The Morgan fingerprint density at radius 3 is 2.76 bits per heavy atom. The van der Waals surface area contributed by atoms with Crippen LogP contribution >= 0.6 is 0 Å². The second kappa shape index (κ2) is 7.39. The second-order valence-electron chi connectivity index (χ2n) is 4.59. The number of rotatable bonds is 7. The van der Waals surface area contributed by atoms with Crippen LogP contribution in [0.2, 0.25) is 0 Å². The van der Waals surface area contributed by atoms with Crippen molar-refractivity contribution in [2.45, 2.75) is 13.0 Å². The van der Waals surface area contributed by atoms with Gasteiger partial charge in [-0.1, -0.05) is 0 Å². The summed E-state index contributed by atoms with van der Waals surface area (Å²) >= 11 is 0. The second-order valence-corrected chi connectivity index (χ2v) is 4.59. The van der Waals surface area contributed by atoms with Crippen molar-refractivity contribution in [2.75, 3.05) is 25.7 Å². The highest BCUT2D eigenvalue weighted by molar-refractivity contribution is 5.87. The van der Waals surface area contributed by atoms with Gasteiger partial charge in [-0.25, -0.2) is 4.79 Å². The monoisotopic (exact) mass is 294 g/mol. The van der Waals surface area contributed by atoms with E-state index in [1.165, 1.54) is 18.2 Å². The summed E-state index contributed by atoms with van der Waals surface area (Å²) in [7, 11) is 3.41. The number of likely N-dealkylation sites (N-methyl/N-ethyl adjacent to an activating group) is 1. The Labute approximate surface area is 122 Å². The highest BCUT2D eigenvalue weighted by Gasteiger charge is 2.16.